The molecule has 0 spiro atoms. The smallest absolute Gasteiger partial charge is 0.141 e. The van der Waals surface area contributed by atoms with Gasteiger partial charge in [-0.15, -0.1) is 11.8 Å². The number of hydrogen-bond acceptors (Lipinski definition) is 2. The maximum atomic E-state index is 5.56. The van der Waals surface area contributed by atoms with Gasteiger partial charge in [0.2, 0.25) is 0 Å². The minimum Gasteiger partial charge on any atom is -0.376 e. The molecule has 1 atom stereocenters. The Kier molecular flexibility index (Phi) is 5.95. The lowest BCUT2D eigenvalue weighted by atomic mass is 9.93. The van der Waals surface area contributed by atoms with Gasteiger partial charge < -0.3 is 14.5 Å². The third-order valence-corrected chi connectivity index (χ3v) is 6.93. The van der Waals surface area contributed by atoms with Crippen LogP contribution in [0.4, 0.5) is 0 Å². The van der Waals surface area contributed by atoms with Crippen LogP contribution in [0.3, 0.4) is 0 Å². The third kappa shape index (κ3) is 3.84. The van der Waals surface area contributed by atoms with Crippen LogP contribution in [0, 0.1) is 0 Å². The van der Waals surface area contributed by atoms with Crippen molar-refractivity contribution in [3.63, 3.8) is 0 Å². The van der Waals surface area contributed by atoms with E-state index in [0.29, 0.717) is 6.04 Å². The van der Waals surface area contributed by atoms with Crippen molar-refractivity contribution in [3.05, 3.63) is 65.2 Å². The largest absolute Gasteiger partial charge is 0.376 e. The average molecular weight is 371 g/mol. The summed E-state index contributed by atoms with van der Waals surface area (Å²) in [7, 11) is 0. The highest BCUT2D eigenvalue weighted by Crippen LogP contribution is 2.37. The van der Waals surface area contributed by atoms with Crippen molar-refractivity contribution in [1.82, 2.24) is 0 Å². The molecule has 4 rings (SSSR count). The normalized spacial score (nSPS) is 25.2. The first-order valence-electron chi connectivity index (χ1n) is 9.92. The molecule has 0 aliphatic carbocycles. The second-order valence-electron chi connectivity index (χ2n) is 7.31. The molecule has 2 aliphatic rings. The molecule has 2 N–H and O–H groups in total. The number of nitrogens with one attached hydrogen (secondary N) is 2. The zero-order chi connectivity index (χ0) is 17.8. The van der Waals surface area contributed by atoms with Crippen molar-refractivity contribution in [3.8, 4) is 0 Å². The molecule has 0 aromatic heterocycles. The summed E-state index contributed by atoms with van der Waals surface area (Å²) >= 11 is 2.00. The highest BCUT2D eigenvalue weighted by atomic mass is 32.2. The lowest BCUT2D eigenvalue weighted by Gasteiger charge is -2.35. The molecule has 1 saturated heterocycles. The molecule has 2 aromatic rings. The van der Waals surface area contributed by atoms with E-state index in [1.165, 1.54) is 47.8 Å². The fourth-order valence-corrected chi connectivity index (χ4v) is 5.49. The monoisotopic (exact) mass is 370 g/mol. The summed E-state index contributed by atoms with van der Waals surface area (Å²) in [5.74, 6) is 1.09. The van der Waals surface area contributed by atoms with Gasteiger partial charge >= 0.3 is 0 Å². The zero-order valence-electron chi connectivity index (χ0n) is 15.7. The van der Waals surface area contributed by atoms with Gasteiger partial charge in [0.15, 0.2) is 0 Å². The first-order valence-corrected chi connectivity index (χ1v) is 10.9. The van der Waals surface area contributed by atoms with E-state index in [2.05, 4.69) is 55.5 Å². The Bertz CT molecular complexity index is 680. The molecule has 4 heteroatoms. The second-order valence-corrected chi connectivity index (χ2v) is 8.33. The Morgan fingerprint density at radius 3 is 2.50 bits per heavy atom. The molecule has 0 unspecified atom stereocenters. The van der Waals surface area contributed by atoms with E-state index in [-0.39, 0.29) is 0 Å². The fraction of sp³-hybridized carbons (Fsp3) is 0.455. The van der Waals surface area contributed by atoms with Crippen molar-refractivity contribution in [1.29, 1.82) is 0 Å². The van der Waals surface area contributed by atoms with E-state index < -0.39 is 0 Å². The molecule has 1 fully saturated rings. The lowest BCUT2D eigenvalue weighted by molar-refractivity contribution is -1.02. The van der Waals surface area contributed by atoms with Gasteiger partial charge in [0.05, 0.1) is 6.61 Å². The molecule has 26 heavy (non-hydrogen) atoms. The topological polar surface area (TPSA) is 18.1 Å². The molecule has 0 bridgehead atoms. The number of quaternary nitrogens is 2. The number of hydrogen-bond donors (Lipinski definition) is 2. The van der Waals surface area contributed by atoms with Crippen LogP contribution < -0.4 is 9.80 Å². The van der Waals surface area contributed by atoms with Gasteiger partial charge in [-0.25, -0.2) is 0 Å². The molecular formula is C22H30N2OS+2. The van der Waals surface area contributed by atoms with E-state index in [4.69, 9.17) is 4.74 Å². The van der Waals surface area contributed by atoms with E-state index in [1.807, 2.05) is 11.8 Å². The van der Waals surface area contributed by atoms with Crippen LogP contribution in [0.15, 0.2) is 53.4 Å². The molecule has 2 aromatic carbocycles. The fourth-order valence-electron chi connectivity index (χ4n) is 4.38. The molecule has 2 heterocycles. The Morgan fingerprint density at radius 1 is 0.962 bits per heavy atom. The van der Waals surface area contributed by atoms with Gasteiger partial charge in [-0.3, -0.25) is 0 Å². The van der Waals surface area contributed by atoms with Gasteiger partial charge in [-0.2, -0.15) is 0 Å². The van der Waals surface area contributed by atoms with Crippen LogP contribution in [0.25, 0.3) is 0 Å². The molecular weight excluding hydrogens is 340 g/mol. The van der Waals surface area contributed by atoms with Gasteiger partial charge in [0.1, 0.15) is 38.8 Å². The number of benzene rings is 2. The van der Waals surface area contributed by atoms with Crippen molar-refractivity contribution in [2.45, 2.75) is 23.6 Å². The highest BCUT2D eigenvalue weighted by Gasteiger charge is 2.35. The third-order valence-electron chi connectivity index (χ3n) is 5.79. The lowest BCUT2D eigenvalue weighted by Crippen LogP contribution is -3.28. The maximum Gasteiger partial charge on any atom is 0.141 e. The van der Waals surface area contributed by atoms with Crippen LogP contribution in [-0.4, -0.2) is 45.9 Å². The van der Waals surface area contributed by atoms with Crippen LogP contribution in [0.5, 0.6) is 0 Å². The molecule has 138 valence electrons. The Labute approximate surface area is 161 Å². The summed E-state index contributed by atoms with van der Waals surface area (Å²) in [5.41, 5.74) is 4.57. The first-order chi connectivity index (χ1) is 12.9. The minimum absolute atomic E-state index is 0.478. The van der Waals surface area contributed by atoms with Gasteiger partial charge in [0.25, 0.3) is 0 Å². The first kappa shape index (κ1) is 18.1. The Morgan fingerprint density at radius 2 is 1.69 bits per heavy atom. The van der Waals surface area contributed by atoms with Gasteiger partial charge in [-0.1, -0.05) is 42.5 Å². The van der Waals surface area contributed by atoms with E-state index >= 15 is 0 Å². The summed E-state index contributed by atoms with van der Waals surface area (Å²) in [6, 6.07) is 18.6. The average Bonchev–Trinajstić information content (AvgIpc) is 2.86. The number of piperazine rings is 1. The van der Waals surface area contributed by atoms with Crippen molar-refractivity contribution in [2.24, 2.45) is 0 Å². The van der Waals surface area contributed by atoms with E-state index in [0.717, 1.165) is 25.5 Å². The Balaban J connectivity index is 1.56. The van der Waals surface area contributed by atoms with E-state index in [9.17, 15) is 0 Å². The molecule has 2 aliphatic heterocycles. The Hall–Kier alpha value is -1.33. The van der Waals surface area contributed by atoms with Crippen LogP contribution in [-0.2, 0) is 10.5 Å². The van der Waals surface area contributed by atoms with Crippen LogP contribution >= 0.6 is 11.8 Å². The summed E-state index contributed by atoms with van der Waals surface area (Å²) < 4.78 is 5.56. The van der Waals surface area contributed by atoms with Crippen LogP contribution in [0.1, 0.15) is 29.7 Å². The standard InChI is InChI=1S/C22H28N2OS/c1-2-25-16-15-23-11-13-24(14-12-23)22-19-8-4-3-7-18(19)17-26-21-10-6-5-9-20(21)22/h3-10,22H,2,11-17H2,1H3/p+2/t22-/m1/s1. The summed E-state index contributed by atoms with van der Waals surface area (Å²) in [6.45, 7) is 9.92. The van der Waals surface area contributed by atoms with Crippen molar-refractivity contribution >= 4 is 11.8 Å². The minimum atomic E-state index is 0.478. The highest BCUT2D eigenvalue weighted by molar-refractivity contribution is 7.98. The van der Waals surface area contributed by atoms with Crippen molar-refractivity contribution < 1.29 is 14.5 Å². The van der Waals surface area contributed by atoms with E-state index in [1.54, 1.807) is 9.80 Å². The summed E-state index contributed by atoms with van der Waals surface area (Å²) in [6.07, 6.45) is 0. The number of fused-ring (bicyclic) bond motifs is 2. The SMILES string of the molecule is CCOCC[NH+]1CC[NH+]([C@@H]2c3ccccc3CSc3ccccc32)CC1. The molecule has 3 nitrogen and oxygen atoms in total. The van der Waals surface area contributed by atoms with Gasteiger partial charge in [-0.05, 0) is 18.6 Å². The zero-order valence-corrected chi connectivity index (χ0v) is 16.5. The predicted octanol–water partition coefficient (Wildman–Crippen LogP) is 1.20. The maximum absolute atomic E-state index is 5.56. The summed E-state index contributed by atoms with van der Waals surface area (Å²) in [4.78, 5) is 4.90. The van der Waals surface area contributed by atoms with Crippen molar-refractivity contribution in [2.75, 3.05) is 45.9 Å². The van der Waals surface area contributed by atoms with Gasteiger partial charge in [0, 0.05) is 28.4 Å². The molecule has 0 saturated carbocycles. The molecule has 0 radical (unpaired) electrons. The predicted molar refractivity (Wildman–Crippen MR) is 107 cm³/mol. The second kappa shape index (κ2) is 8.57. The summed E-state index contributed by atoms with van der Waals surface area (Å²) in [5, 5.41) is 0. The number of ether oxygens (including phenoxy) is 1. The number of thioether (sulfide) groups is 1. The quantitative estimate of drug-likeness (QED) is 0.771. The molecule has 0 amide bonds. The number of rotatable bonds is 5. The van der Waals surface area contributed by atoms with Crippen LogP contribution in [0.2, 0.25) is 0 Å².